The van der Waals surface area contributed by atoms with E-state index in [1.807, 2.05) is 6.21 Å². The third kappa shape index (κ3) is 6.15. The fourth-order valence-corrected chi connectivity index (χ4v) is 5.41. The molecule has 2 aromatic rings. The number of rotatable bonds is 6. The summed E-state index contributed by atoms with van der Waals surface area (Å²) in [6.45, 7) is 13.8. The van der Waals surface area contributed by atoms with Gasteiger partial charge >= 0.3 is 0 Å². The van der Waals surface area contributed by atoms with Gasteiger partial charge in [0.05, 0.1) is 5.70 Å². The van der Waals surface area contributed by atoms with Crippen molar-refractivity contribution in [2.45, 2.75) is 64.3 Å². The van der Waals surface area contributed by atoms with Gasteiger partial charge in [0.15, 0.2) is 8.32 Å². The first-order chi connectivity index (χ1) is 14.9. The van der Waals surface area contributed by atoms with Gasteiger partial charge in [-0.15, -0.1) is 0 Å². The van der Waals surface area contributed by atoms with Gasteiger partial charge < -0.3 is 4.43 Å². The first-order valence-corrected chi connectivity index (χ1v) is 14.8. The highest BCUT2D eigenvalue weighted by Crippen LogP contribution is 2.49. The van der Waals surface area contributed by atoms with Crippen molar-refractivity contribution < 1.29 is 4.43 Å². The van der Waals surface area contributed by atoms with Crippen molar-refractivity contribution in [3.63, 3.8) is 0 Å². The zero-order valence-corrected chi connectivity index (χ0v) is 22.7. The lowest BCUT2D eigenvalue weighted by molar-refractivity contribution is 0.0841. The van der Waals surface area contributed by atoms with E-state index < -0.39 is 20.3 Å². The summed E-state index contributed by atoms with van der Waals surface area (Å²) in [6.07, 6.45) is 5.50. The normalized spacial score (nSPS) is 15.5. The molecule has 0 spiro atoms. The van der Waals surface area contributed by atoms with Gasteiger partial charge in [0.1, 0.15) is 5.60 Å². The number of nitrogens with zero attached hydrogens (tertiary/aromatic N) is 1. The maximum absolute atomic E-state index is 7.20. The van der Waals surface area contributed by atoms with E-state index in [2.05, 4.69) is 99.2 Å². The van der Waals surface area contributed by atoms with Crippen molar-refractivity contribution in [1.82, 2.24) is 0 Å². The molecule has 0 saturated heterocycles. The summed E-state index contributed by atoms with van der Waals surface area (Å²) >= 11 is 3.66. The van der Waals surface area contributed by atoms with Gasteiger partial charge in [0.25, 0.3) is 0 Å². The first-order valence-electron chi connectivity index (χ1n) is 11.1. The molecule has 3 rings (SSSR count). The monoisotopic (exact) mass is 498 g/mol. The van der Waals surface area contributed by atoms with Crippen LogP contribution in [-0.2, 0) is 10.0 Å². The Morgan fingerprint density at radius 3 is 2.34 bits per heavy atom. The Hall–Kier alpha value is -0.908. The molecule has 9 heteroatoms. The first kappa shape index (κ1) is 27.3. The second-order valence-electron chi connectivity index (χ2n) is 9.62. The lowest BCUT2D eigenvalue weighted by Crippen LogP contribution is -2.49. The molecule has 1 aliphatic rings. The van der Waals surface area contributed by atoms with Crippen LogP contribution >= 0.6 is 15.9 Å². The van der Waals surface area contributed by atoms with E-state index in [4.69, 9.17) is 32.6 Å². The van der Waals surface area contributed by atoms with Gasteiger partial charge in [-0.05, 0) is 53.0 Å². The van der Waals surface area contributed by atoms with Crippen LogP contribution in [0.1, 0.15) is 46.1 Å². The van der Waals surface area contributed by atoms with E-state index in [0.717, 1.165) is 23.0 Å². The quantitative estimate of drug-likeness (QED) is 0.470. The fourth-order valence-electron chi connectivity index (χ4n) is 3.51. The van der Waals surface area contributed by atoms with Crippen LogP contribution < -0.4 is 0 Å². The third-order valence-electron chi connectivity index (χ3n) is 6.30. The zero-order valence-electron chi connectivity index (χ0n) is 20.2. The third-order valence-corrected chi connectivity index (χ3v) is 11.3. The highest BCUT2D eigenvalue weighted by Gasteiger charge is 2.47. The summed E-state index contributed by atoms with van der Waals surface area (Å²) in [5, 5.41) is 2.59. The summed E-state index contributed by atoms with van der Waals surface area (Å²) in [4.78, 5) is 4.77. The summed E-state index contributed by atoms with van der Waals surface area (Å²) in [5.41, 5.74) is 1.76. The molecule has 7 radical (unpaired) electrons. The zero-order chi connectivity index (χ0) is 24.2. The van der Waals surface area contributed by atoms with Crippen LogP contribution in [0.3, 0.4) is 0 Å². The molecule has 0 bridgehead atoms. The van der Waals surface area contributed by atoms with Crippen LogP contribution in [0, 0.1) is 0 Å². The molecule has 0 fully saturated rings. The second-order valence-corrected chi connectivity index (χ2v) is 15.3. The van der Waals surface area contributed by atoms with Crippen molar-refractivity contribution >= 4 is 77.9 Å². The van der Waals surface area contributed by atoms with Crippen molar-refractivity contribution in [3.8, 4) is 0 Å². The molecule has 0 aliphatic carbocycles. The van der Waals surface area contributed by atoms with Gasteiger partial charge in [-0.1, -0.05) is 74.0 Å². The molecule has 2 nitrogen and oxygen atoms in total. The maximum Gasteiger partial charge on any atom is 0.193 e. The number of benzene rings is 2. The maximum atomic E-state index is 7.20. The SMILES string of the molecule is CCC(O[Si](C)(C)C(C)(C)C)(C1=CCC=N1)c1cccc2ccc(Br)cc12.[B][B]B([B])[B]. The lowest BCUT2D eigenvalue weighted by atomic mass is 8.97. The molecule has 159 valence electrons. The van der Waals surface area contributed by atoms with Gasteiger partial charge in [-0.3, -0.25) is 4.99 Å². The highest BCUT2D eigenvalue weighted by molar-refractivity contribution is 9.10. The van der Waals surface area contributed by atoms with E-state index >= 15 is 0 Å². The Bertz CT molecular complexity index is 990. The van der Waals surface area contributed by atoms with Crippen LogP contribution in [0.25, 0.3) is 10.8 Å². The van der Waals surface area contributed by atoms with Gasteiger partial charge in [0, 0.05) is 53.8 Å². The van der Waals surface area contributed by atoms with E-state index in [1.54, 1.807) is 0 Å². The van der Waals surface area contributed by atoms with E-state index in [9.17, 15) is 0 Å². The molecule has 1 aliphatic heterocycles. The van der Waals surface area contributed by atoms with Gasteiger partial charge in [0.2, 0.25) is 0 Å². The van der Waals surface area contributed by atoms with Crippen LogP contribution in [-0.4, -0.2) is 51.2 Å². The molecule has 0 saturated carbocycles. The average molecular weight is 499 g/mol. The Kier molecular flexibility index (Phi) is 9.41. The van der Waals surface area contributed by atoms with Crippen molar-refractivity contribution in [1.29, 1.82) is 0 Å². The minimum atomic E-state index is -2.04. The molecule has 2 aromatic carbocycles. The van der Waals surface area contributed by atoms with Crippen molar-refractivity contribution in [2.24, 2.45) is 4.99 Å². The molecule has 32 heavy (non-hydrogen) atoms. The number of hydrogen-bond acceptors (Lipinski definition) is 2. The topological polar surface area (TPSA) is 21.6 Å². The number of allylic oxidation sites excluding steroid dienone is 1. The van der Waals surface area contributed by atoms with Gasteiger partial charge in [-0.25, -0.2) is 0 Å². The van der Waals surface area contributed by atoms with Crippen LogP contribution in [0.5, 0.6) is 0 Å². The van der Waals surface area contributed by atoms with Crippen LogP contribution in [0.2, 0.25) is 18.1 Å². The molecular weight excluding hydrogens is 468 g/mol. The fraction of sp³-hybridized carbons (Fsp3) is 0.435. The molecular formula is C23H30B5BrNOSi. The Balaban J connectivity index is 0.000000654. The summed E-state index contributed by atoms with van der Waals surface area (Å²) in [6, 6.07) is 13.0. The predicted octanol–water partition coefficient (Wildman–Crippen LogP) is 5.68. The van der Waals surface area contributed by atoms with E-state index in [1.165, 1.54) is 23.4 Å². The number of aliphatic imine (C=N–C) groups is 1. The lowest BCUT2D eigenvalue weighted by Gasteiger charge is -2.46. The molecule has 0 aromatic heterocycles. The van der Waals surface area contributed by atoms with Crippen molar-refractivity contribution in [3.05, 3.63) is 58.2 Å². The summed E-state index contributed by atoms with van der Waals surface area (Å²) in [5.74, 6) is 0. The number of hydrogen-bond donors (Lipinski definition) is 0. The van der Waals surface area contributed by atoms with Crippen LogP contribution in [0.4, 0.5) is 0 Å². The largest absolute Gasteiger partial charge is 0.402 e. The summed E-state index contributed by atoms with van der Waals surface area (Å²) in [7, 11) is 13.8. The predicted molar refractivity (Wildman–Crippen MR) is 152 cm³/mol. The standard InChI is InChI=1S/C23H30BrNOSi.B5/c1-7-23(21-12-9-15-25-21,26-27(5,6)22(2,3)4)20-11-8-10-17-13-14-18(24)16-19(17)20;1-4-5(2)3/h8,10-16H,7,9H2,1-6H3;. The Morgan fingerprint density at radius 1 is 1.19 bits per heavy atom. The Labute approximate surface area is 209 Å². The minimum absolute atomic E-state index is 0.126. The summed E-state index contributed by atoms with van der Waals surface area (Å²) < 4.78 is 8.29. The minimum Gasteiger partial charge on any atom is -0.402 e. The molecule has 1 unspecified atom stereocenters. The second kappa shape index (κ2) is 11.0. The molecule has 1 heterocycles. The number of halogens is 1. The Morgan fingerprint density at radius 2 is 1.84 bits per heavy atom. The van der Waals surface area contributed by atoms with E-state index in [0.29, 0.717) is 0 Å². The average Bonchev–Trinajstić information content (AvgIpc) is 3.26. The highest BCUT2D eigenvalue weighted by atomic mass is 79.9. The number of fused-ring (bicyclic) bond motifs is 1. The molecule has 0 amide bonds. The molecule has 1 atom stereocenters. The smallest absolute Gasteiger partial charge is 0.193 e. The molecule has 0 N–H and O–H groups in total. The van der Waals surface area contributed by atoms with Gasteiger partial charge in [-0.2, -0.15) is 0 Å². The van der Waals surface area contributed by atoms with Crippen LogP contribution in [0.15, 0.2) is 57.6 Å². The van der Waals surface area contributed by atoms with Crippen molar-refractivity contribution in [2.75, 3.05) is 0 Å². The van der Waals surface area contributed by atoms with E-state index in [-0.39, 0.29) is 5.04 Å².